The van der Waals surface area contributed by atoms with Crippen LogP contribution in [-0.2, 0) is 16.6 Å². The highest BCUT2D eigenvalue weighted by molar-refractivity contribution is 6.40. The molecule has 0 amide bonds. The number of carbonyl (C=O) groups excluding carboxylic acids is 2. The van der Waals surface area contributed by atoms with Crippen molar-refractivity contribution in [3.05, 3.63) is 53.1 Å². The van der Waals surface area contributed by atoms with Gasteiger partial charge >= 0.3 is 5.97 Å². The summed E-state index contributed by atoms with van der Waals surface area (Å²) in [4.78, 5) is 23.4. The van der Waals surface area contributed by atoms with E-state index >= 15 is 0 Å². The lowest BCUT2D eigenvalue weighted by Crippen LogP contribution is -2.17. The Morgan fingerprint density at radius 1 is 1.38 bits per heavy atom. The predicted octanol–water partition coefficient (Wildman–Crippen LogP) is 2.32. The zero-order chi connectivity index (χ0) is 17.9. The minimum absolute atomic E-state index is 0.109. The van der Waals surface area contributed by atoms with Gasteiger partial charge in [-0.15, -0.1) is 0 Å². The molecule has 0 fully saturated rings. The van der Waals surface area contributed by atoms with Crippen LogP contribution in [0.5, 0.6) is 0 Å². The summed E-state index contributed by atoms with van der Waals surface area (Å²) in [5.41, 5.74) is 1.48. The summed E-state index contributed by atoms with van der Waals surface area (Å²) in [6.07, 6.45) is 0.304. The van der Waals surface area contributed by atoms with Crippen LogP contribution >= 0.6 is 0 Å². The SMILES string of the molecule is CCOC(=O)C(=O)c1cc(C(O)Nc2ccc(F)c(C)c2)n(C)c1. The lowest BCUT2D eigenvalue weighted by molar-refractivity contribution is -0.137. The number of ether oxygens (including phenoxy) is 1. The third-order valence-corrected chi connectivity index (χ3v) is 3.51. The molecule has 6 nitrogen and oxygen atoms in total. The number of nitrogens with zero attached hydrogens (tertiary/aromatic N) is 1. The number of halogens is 1. The van der Waals surface area contributed by atoms with Crippen LogP contribution in [0.3, 0.4) is 0 Å². The van der Waals surface area contributed by atoms with E-state index in [2.05, 4.69) is 10.1 Å². The topological polar surface area (TPSA) is 80.6 Å². The number of Topliss-reactive ketones (excluding diaryl/α,β-unsaturated/α-hetero) is 1. The summed E-state index contributed by atoms with van der Waals surface area (Å²) < 4.78 is 19.5. The molecule has 1 heterocycles. The summed E-state index contributed by atoms with van der Waals surface area (Å²) in [5.74, 6) is -2.05. The van der Waals surface area contributed by atoms with E-state index in [0.717, 1.165) is 0 Å². The van der Waals surface area contributed by atoms with Crippen LogP contribution in [0.4, 0.5) is 10.1 Å². The first-order chi connectivity index (χ1) is 11.3. The number of hydrogen-bond donors (Lipinski definition) is 2. The Morgan fingerprint density at radius 3 is 2.71 bits per heavy atom. The highest BCUT2D eigenvalue weighted by atomic mass is 19.1. The van der Waals surface area contributed by atoms with Gasteiger partial charge in [-0.05, 0) is 43.7 Å². The standard InChI is InChI=1S/C17H19FN2O4/c1-4-24-17(23)15(21)11-8-14(20(3)9-11)16(22)19-12-5-6-13(18)10(2)7-12/h5-9,16,19,22H,4H2,1-3H3. The second-order valence-corrected chi connectivity index (χ2v) is 5.32. The Hall–Kier alpha value is -2.67. The number of rotatable bonds is 6. The summed E-state index contributed by atoms with van der Waals surface area (Å²) in [6, 6.07) is 5.77. The molecule has 2 N–H and O–H groups in total. The molecule has 1 unspecified atom stereocenters. The molecule has 2 rings (SSSR count). The van der Waals surface area contributed by atoms with E-state index < -0.39 is 18.0 Å². The van der Waals surface area contributed by atoms with E-state index in [1.54, 1.807) is 27.0 Å². The highest BCUT2D eigenvalue weighted by Crippen LogP contribution is 2.21. The maximum Gasteiger partial charge on any atom is 0.379 e. The van der Waals surface area contributed by atoms with Crippen LogP contribution in [0.2, 0.25) is 0 Å². The second-order valence-electron chi connectivity index (χ2n) is 5.32. The number of anilines is 1. The Labute approximate surface area is 138 Å². The predicted molar refractivity (Wildman–Crippen MR) is 86.1 cm³/mol. The van der Waals surface area contributed by atoms with Crippen molar-refractivity contribution in [3.63, 3.8) is 0 Å². The molecular weight excluding hydrogens is 315 g/mol. The van der Waals surface area contributed by atoms with E-state index in [0.29, 0.717) is 16.9 Å². The molecule has 24 heavy (non-hydrogen) atoms. The van der Waals surface area contributed by atoms with Gasteiger partial charge in [0.25, 0.3) is 5.78 Å². The average Bonchev–Trinajstić information content (AvgIpc) is 2.92. The van der Waals surface area contributed by atoms with E-state index in [1.807, 2.05) is 0 Å². The van der Waals surface area contributed by atoms with Crippen molar-refractivity contribution in [1.29, 1.82) is 0 Å². The number of aliphatic hydroxyl groups is 1. The van der Waals surface area contributed by atoms with Crippen molar-refractivity contribution in [2.45, 2.75) is 20.1 Å². The smallest absolute Gasteiger partial charge is 0.379 e. The summed E-state index contributed by atoms with van der Waals surface area (Å²) in [7, 11) is 1.64. The van der Waals surface area contributed by atoms with E-state index in [-0.39, 0.29) is 18.0 Å². The van der Waals surface area contributed by atoms with Crippen molar-refractivity contribution >= 4 is 17.4 Å². The first-order valence-electron chi connectivity index (χ1n) is 7.42. The van der Waals surface area contributed by atoms with Gasteiger partial charge in [0, 0.05) is 24.5 Å². The Morgan fingerprint density at radius 2 is 2.08 bits per heavy atom. The third kappa shape index (κ3) is 3.80. The van der Waals surface area contributed by atoms with Gasteiger partial charge in [0.1, 0.15) is 5.82 Å². The Balaban J connectivity index is 2.18. The molecule has 128 valence electrons. The fraction of sp³-hybridized carbons (Fsp3) is 0.294. The summed E-state index contributed by atoms with van der Waals surface area (Å²) in [6.45, 7) is 3.34. The maximum absolute atomic E-state index is 13.3. The summed E-state index contributed by atoms with van der Waals surface area (Å²) >= 11 is 0. The van der Waals surface area contributed by atoms with Gasteiger partial charge in [0.2, 0.25) is 0 Å². The number of aryl methyl sites for hydroxylation is 2. The van der Waals surface area contributed by atoms with E-state index in [9.17, 15) is 19.1 Å². The van der Waals surface area contributed by atoms with Crippen molar-refractivity contribution in [1.82, 2.24) is 4.57 Å². The molecule has 0 aliphatic carbocycles. The number of nitrogens with one attached hydrogen (secondary N) is 1. The minimum atomic E-state index is -1.14. The van der Waals surface area contributed by atoms with Crippen molar-refractivity contribution in [2.24, 2.45) is 7.05 Å². The molecule has 1 atom stereocenters. The first kappa shape index (κ1) is 17.7. The highest BCUT2D eigenvalue weighted by Gasteiger charge is 2.22. The lowest BCUT2D eigenvalue weighted by atomic mass is 10.2. The molecule has 0 spiro atoms. The second kappa shape index (κ2) is 7.27. The van der Waals surface area contributed by atoms with Gasteiger partial charge in [-0.1, -0.05) is 0 Å². The van der Waals surface area contributed by atoms with E-state index in [1.165, 1.54) is 29.0 Å². The van der Waals surface area contributed by atoms with E-state index in [4.69, 9.17) is 0 Å². The molecular formula is C17H19FN2O4. The monoisotopic (exact) mass is 334 g/mol. The number of carbonyl (C=O) groups is 2. The summed E-state index contributed by atoms with van der Waals surface area (Å²) in [5, 5.41) is 13.1. The first-order valence-corrected chi connectivity index (χ1v) is 7.42. The van der Waals surface area contributed by atoms with Gasteiger partial charge in [0.05, 0.1) is 12.3 Å². The normalized spacial score (nSPS) is 11.9. The zero-order valence-electron chi connectivity index (χ0n) is 13.7. The molecule has 0 saturated carbocycles. The molecule has 1 aromatic carbocycles. The van der Waals surface area contributed by atoms with Gasteiger partial charge in [-0.25, -0.2) is 9.18 Å². The average molecular weight is 334 g/mol. The van der Waals surface area contributed by atoms with Gasteiger partial charge in [-0.3, -0.25) is 4.79 Å². The van der Waals surface area contributed by atoms with Gasteiger partial charge in [-0.2, -0.15) is 0 Å². The van der Waals surface area contributed by atoms with Crippen LogP contribution < -0.4 is 5.32 Å². The third-order valence-electron chi connectivity index (χ3n) is 3.51. The fourth-order valence-corrected chi connectivity index (χ4v) is 2.26. The molecule has 2 aromatic rings. The number of esters is 1. The van der Waals surface area contributed by atoms with Crippen LogP contribution in [0.15, 0.2) is 30.5 Å². The van der Waals surface area contributed by atoms with Gasteiger partial charge < -0.3 is 19.7 Å². The van der Waals surface area contributed by atoms with Crippen LogP contribution in [-0.4, -0.2) is 28.0 Å². The van der Waals surface area contributed by atoms with Crippen LogP contribution in [0.25, 0.3) is 0 Å². The van der Waals surface area contributed by atoms with Crippen molar-refractivity contribution in [3.8, 4) is 0 Å². The van der Waals surface area contributed by atoms with Crippen molar-refractivity contribution in [2.75, 3.05) is 11.9 Å². The molecule has 0 aliphatic heterocycles. The maximum atomic E-state index is 13.3. The number of aromatic nitrogens is 1. The Bertz CT molecular complexity index is 770. The number of aliphatic hydroxyl groups excluding tert-OH is 1. The number of benzene rings is 1. The molecule has 0 bridgehead atoms. The van der Waals surface area contributed by atoms with Crippen molar-refractivity contribution < 1.29 is 23.8 Å². The largest absolute Gasteiger partial charge is 0.460 e. The molecule has 0 aliphatic rings. The number of ketones is 1. The quantitative estimate of drug-likeness (QED) is 0.367. The Kier molecular flexibility index (Phi) is 5.35. The minimum Gasteiger partial charge on any atom is -0.460 e. The lowest BCUT2D eigenvalue weighted by Gasteiger charge is -2.15. The molecule has 1 aromatic heterocycles. The molecule has 0 saturated heterocycles. The fourth-order valence-electron chi connectivity index (χ4n) is 2.26. The van der Waals surface area contributed by atoms with Crippen LogP contribution in [0.1, 0.15) is 34.8 Å². The molecule has 7 heteroatoms. The molecule has 0 radical (unpaired) electrons. The van der Waals surface area contributed by atoms with Crippen LogP contribution in [0, 0.1) is 12.7 Å². The number of hydrogen-bond acceptors (Lipinski definition) is 5. The van der Waals surface area contributed by atoms with Gasteiger partial charge in [0.15, 0.2) is 6.23 Å². The zero-order valence-corrected chi connectivity index (χ0v) is 13.7.